The lowest BCUT2D eigenvalue weighted by Gasteiger charge is -2.06. The second-order valence-corrected chi connectivity index (χ2v) is 9.05. The van der Waals surface area contributed by atoms with Gasteiger partial charge in [0, 0.05) is 47.4 Å². The van der Waals surface area contributed by atoms with Gasteiger partial charge in [-0.1, -0.05) is 15.9 Å². The van der Waals surface area contributed by atoms with E-state index in [1.165, 1.54) is 29.2 Å². The summed E-state index contributed by atoms with van der Waals surface area (Å²) in [7, 11) is 3.38. The topological polar surface area (TPSA) is 213 Å². The molecule has 0 saturated heterocycles. The molecule has 3 aromatic rings. The molecule has 4 rings (SSSR count). The van der Waals surface area contributed by atoms with Crippen molar-refractivity contribution >= 4 is 56.7 Å². The lowest BCUT2D eigenvalue weighted by molar-refractivity contribution is -0.395. The summed E-state index contributed by atoms with van der Waals surface area (Å²) in [6.07, 6.45) is 2.05. The van der Waals surface area contributed by atoms with Crippen molar-refractivity contribution in [2.75, 3.05) is 14.1 Å². The average molecular weight is 602 g/mol. The van der Waals surface area contributed by atoms with E-state index in [0.29, 0.717) is 16.6 Å². The SMILES string of the molecule is CN(C)C=O.O=[N+]([O-])c1cc2c(c([N+](=O)[O-])c1)-c1c(cc([N+](=O)[O-])cc1[N+](=O)[O-])C2=Cc1cc(Br)ccc1O. The molecule has 0 bridgehead atoms. The highest BCUT2D eigenvalue weighted by atomic mass is 79.9. The number of benzene rings is 3. The molecule has 0 spiro atoms. The Morgan fingerprint density at radius 2 is 1.21 bits per heavy atom. The van der Waals surface area contributed by atoms with Crippen LogP contribution in [0.4, 0.5) is 22.7 Å². The monoisotopic (exact) mass is 601 g/mol. The predicted octanol–water partition coefficient (Wildman–Crippen LogP) is 5.06. The minimum atomic E-state index is -0.916. The van der Waals surface area contributed by atoms with Gasteiger partial charge in [0.1, 0.15) is 5.75 Å². The van der Waals surface area contributed by atoms with E-state index < -0.39 is 42.4 Å². The molecule has 0 radical (unpaired) electrons. The van der Waals surface area contributed by atoms with E-state index in [0.717, 1.165) is 18.5 Å². The number of carbonyl (C=O) groups excluding carboxylic acids is 1. The van der Waals surface area contributed by atoms with Crippen LogP contribution in [0, 0.1) is 40.5 Å². The molecule has 39 heavy (non-hydrogen) atoms. The Labute approximate surface area is 226 Å². The fraction of sp³-hybridized carbons (Fsp3) is 0.0870. The number of nitro benzene ring substituents is 4. The van der Waals surface area contributed by atoms with Crippen LogP contribution in [0.25, 0.3) is 22.8 Å². The zero-order valence-corrected chi connectivity index (χ0v) is 21.5. The molecule has 1 amide bonds. The molecular weight excluding hydrogens is 586 g/mol. The van der Waals surface area contributed by atoms with E-state index in [2.05, 4.69) is 15.9 Å². The number of non-ortho nitro benzene ring substituents is 2. The van der Waals surface area contributed by atoms with Crippen LogP contribution in [-0.4, -0.2) is 50.2 Å². The van der Waals surface area contributed by atoms with Crippen LogP contribution in [0.3, 0.4) is 0 Å². The Morgan fingerprint density at radius 1 is 0.769 bits per heavy atom. The zero-order valence-electron chi connectivity index (χ0n) is 19.9. The molecule has 0 aromatic heterocycles. The third kappa shape index (κ3) is 5.69. The molecule has 0 aliphatic heterocycles. The number of hydrogen-bond acceptors (Lipinski definition) is 10. The standard InChI is InChI=1S/C20H9BrN4O9.C3H7NO/c21-10-1-2-18(26)9(3-10)4-13-14-5-11(22(27)28)7-16(24(31)32)19(14)20-15(13)6-12(23(29)30)8-17(20)25(33)34;1-4(2)3-5/h1-8,26H;3H,1-2H3. The third-order valence-corrected chi connectivity index (χ3v) is 5.84. The summed E-state index contributed by atoms with van der Waals surface area (Å²) in [4.78, 5) is 53.8. The first-order chi connectivity index (χ1) is 18.3. The summed E-state index contributed by atoms with van der Waals surface area (Å²) >= 11 is 3.23. The van der Waals surface area contributed by atoms with E-state index in [1.54, 1.807) is 14.1 Å². The van der Waals surface area contributed by atoms with Crippen molar-refractivity contribution in [3.05, 3.63) is 104 Å². The van der Waals surface area contributed by atoms with Crippen LogP contribution in [0.5, 0.6) is 5.75 Å². The number of phenolic OH excluding ortho intramolecular Hbond substituents is 1. The number of halogens is 1. The number of hydrogen-bond donors (Lipinski definition) is 1. The summed E-state index contributed by atoms with van der Waals surface area (Å²) in [6, 6.07) is 7.67. The normalized spacial score (nSPS) is 10.9. The van der Waals surface area contributed by atoms with E-state index in [4.69, 9.17) is 0 Å². The van der Waals surface area contributed by atoms with Crippen molar-refractivity contribution in [2.45, 2.75) is 0 Å². The number of phenols is 1. The van der Waals surface area contributed by atoms with Gasteiger partial charge in [-0.2, -0.15) is 0 Å². The van der Waals surface area contributed by atoms with E-state index in [9.17, 15) is 50.4 Å². The average Bonchev–Trinajstić information content (AvgIpc) is 3.18. The van der Waals surface area contributed by atoms with Gasteiger partial charge in [-0.3, -0.25) is 45.3 Å². The largest absolute Gasteiger partial charge is 0.507 e. The zero-order chi connectivity index (χ0) is 29.2. The summed E-state index contributed by atoms with van der Waals surface area (Å²) in [5, 5.41) is 56.8. The van der Waals surface area contributed by atoms with Gasteiger partial charge in [0.25, 0.3) is 22.7 Å². The van der Waals surface area contributed by atoms with Gasteiger partial charge in [-0.25, -0.2) is 0 Å². The van der Waals surface area contributed by atoms with Crippen molar-refractivity contribution in [1.29, 1.82) is 0 Å². The molecule has 0 unspecified atom stereocenters. The van der Waals surface area contributed by atoms with Crippen LogP contribution in [0.1, 0.15) is 16.7 Å². The second-order valence-electron chi connectivity index (χ2n) is 8.13. The van der Waals surface area contributed by atoms with Crippen molar-refractivity contribution in [2.24, 2.45) is 0 Å². The van der Waals surface area contributed by atoms with Crippen LogP contribution < -0.4 is 0 Å². The molecule has 200 valence electrons. The number of aromatic hydroxyl groups is 1. The second kappa shape index (κ2) is 11.0. The van der Waals surface area contributed by atoms with Gasteiger partial charge < -0.3 is 10.0 Å². The molecule has 0 fully saturated rings. The minimum absolute atomic E-state index is 0.00278. The van der Waals surface area contributed by atoms with Crippen LogP contribution in [0.2, 0.25) is 0 Å². The Kier molecular flexibility index (Phi) is 8.00. The van der Waals surface area contributed by atoms with E-state index in [1.807, 2.05) is 0 Å². The summed E-state index contributed by atoms with van der Waals surface area (Å²) in [5.41, 5.74) is -3.49. The highest BCUT2D eigenvalue weighted by Crippen LogP contribution is 2.55. The summed E-state index contributed by atoms with van der Waals surface area (Å²) < 4.78 is 0.533. The van der Waals surface area contributed by atoms with Crippen molar-refractivity contribution in [3.8, 4) is 16.9 Å². The lowest BCUT2D eigenvalue weighted by atomic mass is 9.99. The fourth-order valence-electron chi connectivity index (χ4n) is 3.77. The highest BCUT2D eigenvalue weighted by Gasteiger charge is 2.40. The molecule has 15 nitrogen and oxygen atoms in total. The summed E-state index contributed by atoms with van der Waals surface area (Å²) in [6.45, 7) is 0. The van der Waals surface area contributed by atoms with E-state index >= 15 is 0 Å². The van der Waals surface area contributed by atoms with Gasteiger partial charge in [-0.15, -0.1) is 0 Å². The molecule has 16 heteroatoms. The molecule has 0 saturated carbocycles. The van der Waals surface area contributed by atoms with Crippen molar-refractivity contribution < 1.29 is 29.6 Å². The molecular formula is C23H16BrN5O10. The van der Waals surface area contributed by atoms with Gasteiger partial charge in [0.15, 0.2) is 0 Å². The maximum Gasteiger partial charge on any atom is 0.284 e. The molecule has 0 atom stereocenters. The molecule has 1 N–H and O–H groups in total. The Bertz CT molecular complexity index is 1520. The number of nitrogens with zero attached hydrogens (tertiary/aromatic N) is 5. The van der Waals surface area contributed by atoms with Crippen LogP contribution in [0.15, 0.2) is 46.9 Å². The summed E-state index contributed by atoms with van der Waals surface area (Å²) in [5.74, 6) is -0.231. The Morgan fingerprint density at radius 3 is 1.56 bits per heavy atom. The van der Waals surface area contributed by atoms with Crippen molar-refractivity contribution in [1.82, 2.24) is 4.90 Å². The van der Waals surface area contributed by atoms with Crippen LogP contribution in [-0.2, 0) is 4.79 Å². The number of carbonyl (C=O) groups is 1. The smallest absolute Gasteiger partial charge is 0.284 e. The highest BCUT2D eigenvalue weighted by molar-refractivity contribution is 9.10. The number of rotatable bonds is 6. The molecule has 1 aliphatic rings. The van der Waals surface area contributed by atoms with Crippen LogP contribution >= 0.6 is 15.9 Å². The molecule has 0 heterocycles. The Hall–Kier alpha value is -5.25. The fourth-order valence-corrected chi connectivity index (χ4v) is 4.15. The van der Waals surface area contributed by atoms with E-state index in [-0.39, 0.29) is 39.1 Å². The number of amides is 1. The van der Waals surface area contributed by atoms with Gasteiger partial charge in [0.2, 0.25) is 6.41 Å². The predicted molar refractivity (Wildman–Crippen MR) is 141 cm³/mol. The third-order valence-electron chi connectivity index (χ3n) is 5.35. The first-order valence-electron chi connectivity index (χ1n) is 10.5. The van der Waals surface area contributed by atoms with Gasteiger partial charge in [0.05, 0.1) is 43.0 Å². The first kappa shape index (κ1) is 28.3. The minimum Gasteiger partial charge on any atom is -0.507 e. The lowest BCUT2D eigenvalue weighted by Crippen LogP contribution is -2.06. The van der Waals surface area contributed by atoms with Gasteiger partial charge in [-0.05, 0) is 29.8 Å². The van der Waals surface area contributed by atoms with Gasteiger partial charge >= 0.3 is 0 Å². The first-order valence-corrected chi connectivity index (χ1v) is 11.3. The molecule has 1 aliphatic carbocycles. The maximum absolute atomic E-state index is 11.8. The number of fused-ring (bicyclic) bond motifs is 3. The Balaban J connectivity index is 0.000000771. The molecule has 3 aromatic carbocycles. The van der Waals surface area contributed by atoms with Crippen molar-refractivity contribution in [3.63, 3.8) is 0 Å². The maximum atomic E-state index is 11.8. The number of nitro groups is 4. The quantitative estimate of drug-likeness (QED) is 0.176.